The van der Waals surface area contributed by atoms with Crippen molar-refractivity contribution in [2.45, 2.75) is 37.8 Å². The second-order valence-electron chi connectivity index (χ2n) is 5.11. The van der Waals surface area contributed by atoms with Gasteiger partial charge in [0.1, 0.15) is 5.52 Å². The third-order valence-corrected chi connectivity index (χ3v) is 4.41. The standard InChI is InChI=1S/C13H15BrN4O2/c14-10-5-2-6-11-12(10)16-17-18(11)9-4-1-3-8(7-9)15-13(19)20/h2,5-6,8-9,15H,1,3-4,7H2,(H,19,20)/t8-,9+/m1/s1. The van der Waals surface area contributed by atoms with E-state index < -0.39 is 6.09 Å². The van der Waals surface area contributed by atoms with Crippen molar-refractivity contribution in [2.24, 2.45) is 0 Å². The molecule has 20 heavy (non-hydrogen) atoms. The maximum absolute atomic E-state index is 10.8. The topological polar surface area (TPSA) is 80.0 Å². The zero-order valence-corrected chi connectivity index (χ0v) is 12.4. The molecule has 1 aliphatic rings. The lowest BCUT2D eigenvalue weighted by molar-refractivity contribution is 0.180. The summed E-state index contributed by atoms with van der Waals surface area (Å²) in [4.78, 5) is 10.8. The first-order valence-corrected chi connectivity index (χ1v) is 7.43. The first kappa shape index (κ1) is 13.4. The molecular weight excluding hydrogens is 324 g/mol. The molecule has 0 saturated heterocycles. The highest BCUT2D eigenvalue weighted by Crippen LogP contribution is 2.31. The number of fused-ring (bicyclic) bond motifs is 1. The molecule has 2 aromatic rings. The molecule has 6 nitrogen and oxygen atoms in total. The van der Waals surface area contributed by atoms with Gasteiger partial charge in [-0.05, 0) is 53.7 Å². The molecule has 0 unspecified atom stereocenters. The predicted octanol–water partition coefficient (Wildman–Crippen LogP) is 2.95. The minimum Gasteiger partial charge on any atom is -0.465 e. The van der Waals surface area contributed by atoms with Crippen molar-refractivity contribution in [3.05, 3.63) is 22.7 Å². The third-order valence-electron chi connectivity index (χ3n) is 3.77. The number of carboxylic acid groups (broad SMARTS) is 1. The Labute approximate surface area is 124 Å². The maximum atomic E-state index is 10.8. The van der Waals surface area contributed by atoms with Gasteiger partial charge in [0.2, 0.25) is 0 Å². The van der Waals surface area contributed by atoms with E-state index in [1.54, 1.807) is 0 Å². The molecule has 1 fully saturated rings. The number of hydrogen-bond acceptors (Lipinski definition) is 3. The molecule has 0 bridgehead atoms. The number of amides is 1. The van der Waals surface area contributed by atoms with Crippen molar-refractivity contribution in [2.75, 3.05) is 0 Å². The summed E-state index contributed by atoms with van der Waals surface area (Å²) in [5, 5.41) is 19.9. The Hall–Kier alpha value is -1.63. The van der Waals surface area contributed by atoms with Crippen LogP contribution >= 0.6 is 15.9 Å². The second-order valence-corrected chi connectivity index (χ2v) is 5.96. The van der Waals surface area contributed by atoms with Crippen molar-refractivity contribution in [1.29, 1.82) is 0 Å². The molecule has 1 aromatic heterocycles. The summed E-state index contributed by atoms with van der Waals surface area (Å²) in [5.74, 6) is 0. The first-order chi connectivity index (χ1) is 9.65. The lowest BCUT2D eigenvalue weighted by Crippen LogP contribution is -2.38. The van der Waals surface area contributed by atoms with Gasteiger partial charge in [0, 0.05) is 10.5 Å². The number of nitrogens with one attached hydrogen (secondary N) is 1. The summed E-state index contributed by atoms with van der Waals surface area (Å²) >= 11 is 3.47. The normalized spacial score (nSPS) is 22.9. The zero-order valence-electron chi connectivity index (χ0n) is 10.8. The summed E-state index contributed by atoms with van der Waals surface area (Å²) in [7, 11) is 0. The molecule has 1 aliphatic carbocycles. The van der Waals surface area contributed by atoms with Gasteiger partial charge in [-0.3, -0.25) is 0 Å². The molecule has 1 heterocycles. The fraction of sp³-hybridized carbons (Fsp3) is 0.462. The summed E-state index contributed by atoms with van der Waals surface area (Å²) in [6, 6.07) is 6.09. The van der Waals surface area contributed by atoms with Crippen molar-refractivity contribution < 1.29 is 9.90 Å². The van der Waals surface area contributed by atoms with Crippen LogP contribution in [0.15, 0.2) is 22.7 Å². The quantitative estimate of drug-likeness (QED) is 0.882. The number of benzene rings is 1. The lowest BCUT2D eigenvalue weighted by Gasteiger charge is -2.29. The molecule has 1 saturated carbocycles. The van der Waals surface area contributed by atoms with Crippen LogP contribution in [0, 0.1) is 0 Å². The molecule has 106 valence electrons. The molecule has 3 rings (SSSR count). The van der Waals surface area contributed by atoms with Gasteiger partial charge in [-0.15, -0.1) is 5.10 Å². The molecule has 0 radical (unpaired) electrons. The van der Waals surface area contributed by atoms with Crippen molar-refractivity contribution in [3.8, 4) is 0 Å². The van der Waals surface area contributed by atoms with E-state index >= 15 is 0 Å². The molecule has 0 spiro atoms. The average molecular weight is 339 g/mol. The maximum Gasteiger partial charge on any atom is 0.404 e. The van der Waals surface area contributed by atoms with Crippen LogP contribution in [0.25, 0.3) is 11.0 Å². The highest BCUT2D eigenvalue weighted by Gasteiger charge is 2.26. The molecule has 7 heteroatoms. The van der Waals surface area contributed by atoms with E-state index in [0.29, 0.717) is 0 Å². The lowest BCUT2D eigenvalue weighted by atomic mass is 9.91. The summed E-state index contributed by atoms with van der Waals surface area (Å²) in [5.41, 5.74) is 1.83. The highest BCUT2D eigenvalue weighted by molar-refractivity contribution is 9.10. The number of nitrogens with zero attached hydrogens (tertiary/aromatic N) is 3. The zero-order chi connectivity index (χ0) is 14.1. The van der Waals surface area contributed by atoms with E-state index in [1.807, 2.05) is 22.9 Å². The number of rotatable bonds is 2. The smallest absolute Gasteiger partial charge is 0.404 e. The van der Waals surface area contributed by atoms with Gasteiger partial charge >= 0.3 is 6.09 Å². The monoisotopic (exact) mass is 338 g/mol. The van der Waals surface area contributed by atoms with Gasteiger partial charge in [-0.1, -0.05) is 11.3 Å². The number of halogens is 1. The van der Waals surface area contributed by atoms with Crippen LogP contribution in [0.4, 0.5) is 4.79 Å². The molecule has 0 aliphatic heterocycles. The van der Waals surface area contributed by atoms with Crippen molar-refractivity contribution in [1.82, 2.24) is 20.3 Å². The molecule has 2 N–H and O–H groups in total. The van der Waals surface area contributed by atoms with Crippen molar-refractivity contribution >= 4 is 33.1 Å². The largest absolute Gasteiger partial charge is 0.465 e. The van der Waals surface area contributed by atoms with E-state index in [9.17, 15) is 4.79 Å². The number of hydrogen-bond donors (Lipinski definition) is 2. The fourth-order valence-electron chi connectivity index (χ4n) is 2.89. The van der Waals surface area contributed by atoms with Gasteiger partial charge in [0.15, 0.2) is 0 Å². The van der Waals surface area contributed by atoms with E-state index in [2.05, 4.69) is 31.6 Å². The SMILES string of the molecule is O=C(O)N[C@@H]1CCC[C@H](n2nnc3c(Br)cccc32)C1. The van der Waals surface area contributed by atoms with Gasteiger partial charge in [0.25, 0.3) is 0 Å². The summed E-state index contributed by atoms with van der Waals surface area (Å²) < 4.78 is 2.85. The van der Waals surface area contributed by atoms with E-state index in [1.165, 1.54) is 0 Å². The van der Waals surface area contributed by atoms with Crippen LogP contribution in [-0.4, -0.2) is 32.2 Å². The van der Waals surface area contributed by atoms with Gasteiger partial charge in [-0.25, -0.2) is 9.48 Å². The second kappa shape index (κ2) is 5.40. The number of carbonyl (C=O) groups is 1. The van der Waals surface area contributed by atoms with Gasteiger partial charge in [0.05, 0.1) is 11.6 Å². The molecular formula is C13H15BrN4O2. The number of aromatic nitrogens is 3. The highest BCUT2D eigenvalue weighted by atomic mass is 79.9. The first-order valence-electron chi connectivity index (χ1n) is 6.64. The van der Waals surface area contributed by atoms with E-state index in [4.69, 9.17) is 5.11 Å². The predicted molar refractivity (Wildman–Crippen MR) is 77.7 cm³/mol. The minimum absolute atomic E-state index is 0.00217. The van der Waals surface area contributed by atoms with Gasteiger partial charge < -0.3 is 10.4 Å². The summed E-state index contributed by atoms with van der Waals surface area (Å²) in [6.45, 7) is 0. The van der Waals surface area contributed by atoms with Crippen LogP contribution in [0.5, 0.6) is 0 Å². The van der Waals surface area contributed by atoms with Crippen LogP contribution in [0.2, 0.25) is 0 Å². The Bertz CT molecular complexity index is 642. The average Bonchev–Trinajstić information content (AvgIpc) is 2.83. The minimum atomic E-state index is -0.957. The third kappa shape index (κ3) is 2.49. The fourth-order valence-corrected chi connectivity index (χ4v) is 3.33. The summed E-state index contributed by atoms with van der Waals surface area (Å²) in [6.07, 6.45) is 2.69. The molecule has 1 aromatic carbocycles. The van der Waals surface area contributed by atoms with Gasteiger partial charge in [-0.2, -0.15) is 0 Å². The van der Waals surface area contributed by atoms with Crippen LogP contribution in [-0.2, 0) is 0 Å². The van der Waals surface area contributed by atoms with Crippen LogP contribution in [0.1, 0.15) is 31.7 Å². The Morgan fingerprint density at radius 3 is 3.10 bits per heavy atom. The Balaban J connectivity index is 1.87. The van der Waals surface area contributed by atoms with E-state index in [-0.39, 0.29) is 12.1 Å². The van der Waals surface area contributed by atoms with Crippen LogP contribution < -0.4 is 5.32 Å². The Morgan fingerprint density at radius 1 is 1.45 bits per heavy atom. The Kier molecular flexibility index (Phi) is 3.60. The van der Waals surface area contributed by atoms with E-state index in [0.717, 1.165) is 41.2 Å². The molecule has 2 atom stereocenters. The van der Waals surface area contributed by atoms with Crippen molar-refractivity contribution in [3.63, 3.8) is 0 Å². The molecule has 1 amide bonds. The van der Waals surface area contributed by atoms with Crippen LogP contribution in [0.3, 0.4) is 0 Å². The Morgan fingerprint density at radius 2 is 2.30 bits per heavy atom.